The summed E-state index contributed by atoms with van der Waals surface area (Å²) in [6.07, 6.45) is 0. The van der Waals surface area contributed by atoms with Gasteiger partial charge in [-0.25, -0.2) is 4.39 Å². The van der Waals surface area contributed by atoms with Crippen molar-refractivity contribution in [1.82, 2.24) is 0 Å². The molecule has 4 aromatic carbocycles. The van der Waals surface area contributed by atoms with Crippen molar-refractivity contribution in [2.24, 2.45) is 0 Å². The number of halogens is 1. The van der Waals surface area contributed by atoms with Gasteiger partial charge in [0, 0.05) is 0 Å². The molecule has 0 heterocycles. The van der Waals surface area contributed by atoms with E-state index in [2.05, 4.69) is 36.4 Å². The van der Waals surface area contributed by atoms with Crippen LogP contribution in [0, 0.1) is 5.82 Å². The van der Waals surface area contributed by atoms with Crippen molar-refractivity contribution in [1.29, 1.82) is 0 Å². The van der Waals surface area contributed by atoms with Gasteiger partial charge in [0.25, 0.3) is 0 Å². The summed E-state index contributed by atoms with van der Waals surface area (Å²) in [5, 5.41) is 3.17. The van der Waals surface area contributed by atoms with Crippen LogP contribution in [0.4, 0.5) is 4.39 Å². The largest absolute Gasteiger partial charge is 0.289 e. The molecule has 29 heavy (non-hydrogen) atoms. The van der Waals surface area contributed by atoms with Crippen LogP contribution in [0.15, 0.2) is 115 Å². The molecule has 0 N–H and O–H groups in total. The smallest absolute Gasteiger partial charge is 0.189 e. The van der Waals surface area contributed by atoms with Crippen molar-refractivity contribution < 1.29 is 9.18 Å². The van der Waals surface area contributed by atoms with Gasteiger partial charge in [-0.05, 0) is 40.7 Å². The normalized spacial score (nSPS) is 11.1. The number of ketones is 1. The summed E-state index contributed by atoms with van der Waals surface area (Å²) in [5.74, 6) is 0.958. The Bertz CT molecular complexity index is 1070. The van der Waals surface area contributed by atoms with Gasteiger partial charge in [0.1, 0.15) is 5.82 Å². The Morgan fingerprint density at radius 3 is 1.38 bits per heavy atom. The van der Waals surface area contributed by atoms with Crippen molar-refractivity contribution in [3.8, 4) is 0 Å². The van der Waals surface area contributed by atoms with Crippen molar-refractivity contribution in [3.05, 3.63) is 127 Å². The van der Waals surface area contributed by atoms with Crippen LogP contribution in [-0.4, -0.2) is 11.6 Å². The summed E-state index contributed by atoms with van der Waals surface area (Å²) in [6.45, 7) is -2.44. The number of rotatable bonds is 5. The molecular formula is C26H20FOP. The number of hydrogen-bond donors (Lipinski definition) is 0. The maximum Gasteiger partial charge on any atom is 0.189 e. The fraction of sp³-hybridized carbons (Fsp3) is 0. The van der Waals surface area contributed by atoms with Crippen LogP contribution in [-0.2, 0) is 0 Å². The first-order chi connectivity index (χ1) is 14.2. The second-order valence-corrected chi connectivity index (χ2v) is 9.96. The molecule has 0 aliphatic heterocycles. The van der Waals surface area contributed by atoms with E-state index in [-0.39, 0.29) is 11.3 Å². The average Bonchev–Trinajstić information content (AvgIpc) is 2.79. The van der Waals surface area contributed by atoms with Crippen LogP contribution in [0.5, 0.6) is 0 Å². The SMILES string of the molecule is O=C(C=P(c1ccccc1)(c1ccccc1)c1ccccc1)c1ccccc1F. The van der Waals surface area contributed by atoms with E-state index in [9.17, 15) is 9.18 Å². The molecule has 0 spiro atoms. The number of Topliss-reactive ketones (excluding diaryl/α,β-unsaturated/α-hetero) is 1. The third-order valence-electron chi connectivity index (χ3n) is 4.94. The minimum atomic E-state index is -2.44. The Labute approximate surface area is 170 Å². The molecule has 0 atom stereocenters. The monoisotopic (exact) mass is 398 g/mol. The van der Waals surface area contributed by atoms with Crippen LogP contribution in [0.1, 0.15) is 10.4 Å². The van der Waals surface area contributed by atoms with Crippen LogP contribution in [0.25, 0.3) is 0 Å². The van der Waals surface area contributed by atoms with E-state index < -0.39 is 12.7 Å². The maximum atomic E-state index is 14.4. The topological polar surface area (TPSA) is 17.1 Å². The fourth-order valence-corrected chi connectivity index (χ4v) is 7.33. The Hall–Kier alpha value is -3.22. The lowest BCUT2D eigenvalue weighted by Gasteiger charge is -2.28. The minimum absolute atomic E-state index is 0.0969. The van der Waals surface area contributed by atoms with E-state index in [1.54, 1.807) is 24.0 Å². The van der Waals surface area contributed by atoms with Crippen molar-refractivity contribution in [2.45, 2.75) is 0 Å². The highest BCUT2D eigenvalue weighted by molar-refractivity contribution is 7.95. The first-order valence-electron chi connectivity index (χ1n) is 9.42. The Morgan fingerprint density at radius 1 is 0.586 bits per heavy atom. The van der Waals surface area contributed by atoms with Crippen molar-refractivity contribution in [2.75, 3.05) is 0 Å². The molecule has 0 aromatic heterocycles. The van der Waals surface area contributed by atoms with Gasteiger partial charge in [-0.2, -0.15) is 0 Å². The van der Waals surface area contributed by atoms with Gasteiger partial charge in [-0.15, -0.1) is 0 Å². The van der Waals surface area contributed by atoms with E-state index in [1.165, 1.54) is 6.07 Å². The maximum absolute atomic E-state index is 14.4. The number of carbonyl (C=O) groups excluding carboxylic acids is 1. The highest BCUT2D eigenvalue weighted by atomic mass is 31.2. The minimum Gasteiger partial charge on any atom is -0.289 e. The van der Waals surface area contributed by atoms with Gasteiger partial charge in [-0.1, -0.05) is 103 Å². The van der Waals surface area contributed by atoms with Crippen LogP contribution >= 0.6 is 6.89 Å². The van der Waals surface area contributed by atoms with E-state index in [0.717, 1.165) is 15.9 Å². The molecule has 0 saturated heterocycles. The van der Waals surface area contributed by atoms with Gasteiger partial charge in [0.15, 0.2) is 5.78 Å². The van der Waals surface area contributed by atoms with Crippen molar-refractivity contribution >= 4 is 34.4 Å². The molecule has 0 radical (unpaired) electrons. The molecule has 1 nitrogen and oxygen atoms in total. The first-order valence-corrected chi connectivity index (χ1v) is 11.3. The summed E-state index contributed by atoms with van der Waals surface area (Å²) in [5.41, 5.74) is 0.0969. The van der Waals surface area contributed by atoms with E-state index >= 15 is 0 Å². The summed E-state index contributed by atoms with van der Waals surface area (Å²) >= 11 is 0. The molecule has 0 bridgehead atoms. The van der Waals surface area contributed by atoms with Gasteiger partial charge in [-0.3, -0.25) is 4.79 Å². The van der Waals surface area contributed by atoms with Crippen LogP contribution in [0.2, 0.25) is 0 Å². The van der Waals surface area contributed by atoms with E-state index in [0.29, 0.717) is 0 Å². The predicted molar refractivity (Wildman–Crippen MR) is 122 cm³/mol. The summed E-state index contributed by atoms with van der Waals surface area (Å²) in [7, 11) is 0. The molecule has 3 heteroatoms. The second kappa shape index (κ2) is 8.43. The van der Waals surface area contributed by atoms with Crippen LogP contribution in [0.3, 0.4) is 0 Å². The van der Waals surface area contributed by atoms with Gasteiger partial charge in [0.2, 0.25) is 0 Å². The quantitative estimate of drug-likeness (QED) is 0.349. The van der Waals surface area contributed by atoms with Gasteiger partial charge < -0.3 is 0 Å². The number of hydrogen-bond acceptors (Lipinski definition) is 1. The lowest BCUT2D eigenvalue weighted by molar-refractivity contribution is 0.106. The standard InChI is InChI=1S/C26H20FOP/c27-25-19-11-10-18-24(25)26(28)20-29(21-12-4-1-5-13-21,22-14-6-2-7-15-22)23-16-8-3-9-17-23/h1-20H. The molecule has 4 aromatic rings. The predicted octanol–water partition coefficient (Wildman–Crippen LogP) is 4.80. The molecule has 0 unspecified atom stereocenters. The van der Waals surface area contributed by atoms with Crippen LogP contribution < -0.4 is 15.9 Å². The average molecular weight is 398 g/mol. The second-order valence-electron chi connectivity index (χ2n) is 6.70. The Kier molecular flexibility index (Phi) is 5.55. The summed E-state index contributed by atoms with van der Waals surface area (Å²) < 4.78 is 14.4. The van der Waals surface area contributed by atoms with Crippen molar-refractivity contribution in [3.63, 3.8) is 0 Å². The number of benzene rings is 4. The fourth-order valence-electron chi connectivity index (χ4n) is 3.57. The van der Waals surface area contributed by atoms with Gasteiger partial charge in [0.05, 0.1) is 5.56 Å². The molecule has 4 rings (SSSR count). The van der Waals surface area contributed by atoms with Gasteiger partial charge >= 0.3 is 0 Å². The zero-order valence-corrected chi connectivity index (χ0v) is 16.7. The first kappa shape index (κ1) is 19.1. The highest BCUT2D eigenvalue weighted by Crippen LogP contribution is 2.43. The lowest BCUT2D eigenvalue weighted by Crippen LogP contribution is -2.28. The number of carbonyl (C=O) groups is 1. The molecule has 0 aliphatic rings. The zero-order valence-electron chi connectivity index (χ0n) is 15.8. The highest BCUT2D eigenvalue weighted by Gasteiger charge is 2.27. The third kappa shape index (κ3) is 3.72. The Balaban J connectivity index is 2.09. The lowest BCUT2D eigenvalue weighted by atomic mass is 10.1. The zero-order chi connectivity index (χ0) is 20.1. The summed E-state index contributed by atoms with van der Waals surface area (Å²) in [6, 6.07) is 36.3. The molecular weight excluding hydrogens is 378 g/mol. The van der Waals surface area contributed by atoms with E-state index in [1.807, 2.05) is 54.6 Å². The molecule has 142 valence electrons. The molecule has 0 aliphatic carbocycles. The Morgan fingerprint density at radius 2 is 0.966 bits per heavy atom. The molecule has 0 saturated carbocycles. The third-order valence-corrected chi connectivity index (χ3v) is 8.90. The molecule has 0 amide bonds. The molecule has 0 fully saturated rings. The van der Waals surface area contributed by atoms with E-state index in [4.69, 9.17) is 0 Å². The summed E-state index contributed by atoms with van der Waals surface area (Å²) in [4.78, 5) is 13.3.